The lowest BCUT2D eigenvalue weighted by Crippen LogP contribution is -2.32. The summed E-state index contributed by atoms with van der Waals surface area (Å²) in [6.07, 6.45) is 4.30. The molecule has 0 bridgehead atoms. The number of rotatable bonds is 7. The van der Waals surface area contributed by atoms with Crippen LogP contribution in [0.1, 0.15) is 42.1 Å². The van der Waals surface area contributed by atoms with Crippen molar-refractivity contribution in [2.24, 2.45) is 0 Å². The summed E-state index contributed by atoms with van der Waals surface area (Å²) < 4.78 is 5.62. The predicted molar refractivity (Wildman–Crippen MR) is 79.7 cm³/mol. The van der Waals surface area contributed by atoms with Crippen LogP contribution in [0, 0.1) is 0 Å². The number of benzene rings is 1. The Labute approximate surface area is 120 Å². The van der Waals surface area contributed by atoms with Gasteiger partial charge >= 0.3 is 5.97 Å². The van der Waals surface area contributed by atoms with Crippen molar-refractivity contribution in [3.8, 4) is 0 Å². The first-order chi connectivity index (χ1) is 9.72. The van der Waals surface area contributed by atoms with Crippen LogP contribution >= 0.6 is 0 Å². The van der Waals surface area contributed by atoms with E-state index >= 15 is 0 Å². The van der Waals surface area contributed by atoms with Crippen molar-refractivity contribution in [3.63, 3.8) is 0 Å². The Hall–Kier alpha value is -1.55. The molecule has 2 rings (SSSR count). The number of hydrogen-bond acceptors (Lipinski definition) is 3. The van der Waals surface area contributed by atoms with E-state index in [4.69, 9.17) is 9.84 Å². The molecule has 1 aromatic rings. The molecule has 20 heavy (non-hydrogen) atoms. The lowest BCUT2D eigenvalue weighted by Gasteiger charge is -2.31. The van der Waals surface area contributed by atoms with Crippen LogP contribution in [0.4, 0.5) is 5.69 Å². The van der Waals surface area contributed by atoms with E-state index in [0.717, 1.165) is 57.6 Å². The predicted octanol–water partition coefficient (Wildman–Crippen LogP) is 2.95. The summed E-state index contributed by atoms with van der Waals surface area (Å²) in [5.41, 5.74) is 2.69. The van der Waals surface area contributed by atoms with Crippen LogP contribution in [-0.4, -0.2) is 37.4 Å². The zero-order valence-electron chi connectivity index (χ0n) is 12.1. The average Bonchev–Trinajstić information content (AvgIpc) is 2.46. The Kier molecular flexibility index (Phi) is 5.41. The lowest BCUT2D eigenvalue weighted by atomic mass is 9.99. The smallest absolute Gasteiger partial charge is 0.335 e. The Morgan fingerprint density at radius 3 is 3.00 bits per heavy atom. The van der Waals surface area contributed by atoms with Gasteiger partial charge in [0.05, 0.1) is 12.2 Å². The van der Waals surface area contributed by atoms with Gasteiger partial charge in [-0.2, -0.15) is 0 Å². The van der Waals surface area contributed by atoms with E-state index in [-0.39, 0.29) is 0 Å². The molecule has 0 amide bonds. The summed E-state index contributed by atoms with van der Waals surface area (Å²) in [4.78, 5) is 13.3. The number of ether oxygens (including phenoxy) is 1. The first kappa shape index (κ1) is 14.9. The van der Waals surface area contributed by atoms with E-state index in [1.807, 2.05) is 12.1 Å². The van der Waals surface area contributed by atoms with Gasteiger partial charge in [-0.25, -0.2) is 4.79 Å². The highest BCUT2D eigenvalue weighted by Crippen LogP contribution is 2.27. The summed E-state index contributed by atoms with van der Waals surface area (Å²) in [7, 11) is 0. The molecule has 1 aliphatic heterocycles. The molecule has 0 fully saturated rings. The standard InChI is InChI=1S/C16H23NO3/c1-2-3-10-20-11-9-17-8-4-5-13-12-14(16(18)19)6-7-15(13)17/h6-7,12H,2-5,8-11H2,1H3,(H,18,19). The second kappa shape index (κ2) is 7.29. The molecule has 0 aliphatic carbocycles. The van der Waals surface area contributed by atoms with Crippen molar-refractivity contribution in [3.05, 3.63) is 29.3 Å². The van der Waals surface area contributed by atoms with Gasteiger partial charge in [0.1, 0.15) is 0 Å². The van der Waals surface area contributed by atoms with Crippen LogP contribution in [0.3, 0.4) is 0 Å². The summed E-state index contributed by atoms with van der Waals surface area (Å²) >= 11 is 0. The number of carboxylic acids is 1. The van der Waals surface area contributed by atoms with E-state index in [0.29, 0.717) is 5.56 Å². The maximum Gasteiger partial charge on any atom is 0.335 e. The Morgan fingerprint density at radius 1 is 1.40 bits per heavy atom. The van der Waals surface area contributed by atoms with E-state index in [2.05, 4.69) is 11.8 Å². The largest absolute Gasteiger partial charge is 0.478 e. The van der Waals surface area contributed by atoms with Crippen molar-refractivity contribution in [1.82, 2.24) is 0 Å². The average molecular weight is 277 g/mol. The van der Waals surface area contributed by atoms with E-state index in [1.54, 1.807) is 6.07 Å². The second-order valence-electron chi connectivity index (χ2n) is 5.21. The van der Waals surface area contributed by atoms with Crippen LogP contribution in [0.5, 0.6) is 0 Å². The van der Waals surface area contributed by atoms with Crippen molar-refractivity contribution in [2.45, 2.75) is 32.6 Å². The van der Waals surface area contributed by atoms with Crippen molar-refractivity contribution < 1.29 is 14.6 Å². The Bertz CT molecular complexity index is 459. The molecule has 0 unspecified atom stereocenters. The number of unbranched alkanes of at least 4 members (excludes halogenated alkanes) is 1. The van der Waals surface area contributed by atoms with Gasteiger partial charge in [0.2, 0.25) is 0 Å². The number of hydrogen-bond donors (Lipinski definition) is 1. The molecule has 4 nitrogen and oxygen atoms in total. The van der Waals surface area contributed by atoms with Crippen LogP contribution in [0.25, 0.3) is 0 Å². The molecule has 4 heteroatoms. The molecule has 1 N–H and O–H groups in total. The number of aromatic carboxylic acids is 1. The van der Waals surface area contributed by atoms with Crippen molar-refractivity contribution >= 4 is 11.7 Å². The maximum atomic E-state index is 11.0. The van der Waals surface area contributed by atoms with Gasteiger partial charge in [-0.1, -0.05) is 13.3 Å². The maximum absolute atomic E-state index is 11.0. The molecule has 0 aromatic heterocycles. The highest BCUT2D eigenvalue weighted by Gasteiger charge is 2.18. The van der Waals surface area contributed by atoms with E-state index in [9.17, 15) is 4.79 Å². The lowest BCUT2D eigenvalue weighted by molar-refractivity contribution is 0.0696. The molecule has 0 saturated carbocycles. The zero-order chi connectivity index (χ0) is 14.4. The van der Waals surface area contributed by atoms with Gasteiger partial charge in [0.25, 0.3) is 0 Å². The molecule has 1 heterocycles. The minimum atomic E-state index is -0.854. The van der Waals surface area contributed by atoms with Crippen molar-refractivity contribution in [1.29, 1.82) is 0 Å². The fraction of sp³-hybridized carbons (Fsp3) is 0.562. The molecule has 0 spiro atoms. The van der Waals surface area contributed by atoms with Crippen LogP contribution in [-0.2, 0) is 11.2 Å². The molecule has 1 aliphatic rings. The normalized spacial score (nSPS) is 14.2. The van der Waals surface area contributed by atoms with Gasteiger partial charge in [-0.3, -0.25) is 0 Å². The minimum Gasteiger partial charge on any atom is -0.478 e. The monoisotopic (exact) mass is 277 g/mol. The molecule has 0 radical (unpaired) electrons. The molecule has 1 aromatic carbocycles. The number of carbonyl (C=O) groups is 1. The number of aryl methyl sites for hydroxylation is 1. The third-order valence-corrected chi connectivity index (χ3v) is 3.69. The van der Waals surface area contributed by atoms with E-state index < -0.39 is 5.97 Å². The fourth-order valence-corrected chi connectivity index (χ4v) is 2.56. The van der Waals surface area contributed by atoms with Gasteiger partial charge in [0, 0.05) is 25.4 Å². The van der Waals surface area contributed by atoms with Crippen LogP contribution in [0.15, 0.2) is 18.2 Å². The van der Waals surface area contributed by atoms with Crippen LogP contribution in [0.2, 0.25) is 0 Å². The highest BCUT2D eigenvalue weighted by molar-refractivity contribution is 5.88. The fourth-order valence-electron chi connectivity index (χ4n) is 2.56. The number of fused-ring (bicyclic) bond motifs is 1. The summed E-state index contributed by atoms with van der Waals surface area (Å²) in [6, 6.07) is 5.43. The number of carboxylic acid groups (broad SMARTS) is 1. The summed E-state index contributed by atoms with van der Waals surface area (Å²) in [5, 5.41) is 9.04. The molecule has 0 atom stereocenters. The molecular weight excluding hydrogens is 254 g/mol. The second-order valence-corrected chi connectivity index (χ2v) is 5.21. The first-order valence-corrected chi connectivity index (χ1v) is 7.41. The number of nitrogens with zero attached hydrogens (tertiary/aromatic N) is 1. The Balaban J connectivity index is 1.96. The van der Waals surface area contributed by atoms with E-state index in [1.165, 1.54) is 5.69 Å². The minimum absolute atomic E-state index is 0.379. The molecule has 110 valence electrons. The molecule has 0 saturated heterocycles. The zero-order valence-corrected chi connectivity index (χ0v) is 12.1. The quantitative estimate of drug-likeness (QED) is 0.778. The van der Waals surface area contributed by atoms with Crippen molar-refractivity contribution in [2.75, 3.05) is 31.2 Å². The third kappa shape index (κ3) is 3.73. The number of anilines is 1. The highest BCUT2D eigenvalue weighted by atomic mass is 16.5. The first-order valence-electron chi connectivity index (χ1n) is 7.41. The summed E-state index contributed by atoms with van der Waals surface area (Å²) in [6.45, 7) is 5.62. The SMILES string of the molecule is CCCCOCCN1CCCc2cc(C(=O)O)ccc21. The summed E-state index contributed by atoms with van der Waals surface area (Å²) in [5.74, 6) is -0.854. The molecular formula is C16H23NO3. The third-order valence-electron chi connectivity index (χ3n) is 3.69. The Morgan fingerprint density at radius 2 is 2.25 bits per heavy atom. The topological polar surface area (TPSA) is 49.8 Å². The van der Waals surface area contributed by atoms with Gasteiger partial charge < -0.3 is 14.7 Å². The van der Waals surface area contributed by atoms with Gasteiger partial charge in [-0.15, -0.1) is 0 Å². The van der Waals surface area contributed by atoms with Gasteiger partial charge in [-0.05, 0) is 43.0 Å². The van der Waals surface area contributed by atoms with Crippen LogP contribution < -0.4 is 4.90 Å². The van der Waals surface area contributed by atoms with Gasteiger partial charge in [0.15, 0.2) is 0 Å².